The van der Waals surface area contributed by atoms with Gasteiger partial charge in [0.15, 0.2) is 5.82 Å². The molecular weight excluding hydrogens is 281 g/mol. The summed E-state index contributed by atoms with van der Waals surface area (Å²) in [5.74, 6) is 1.15. The van der Waals surface area contributed by atoms with Gasteiger partial charge in [0.1, 0.15) is 5.82 Å². The van der Waals surface area contributed by atoms with E-state index >= 15 is 0 Å². The summed E-state index contributed by atoms with van der Waals surface area (Å²) in [5, 5.41) is 11.4. The number of hydrogen-bond donors (Lipinski definition) is 1. The molecule has 2 aromatic rings. The van der Waals surface area contributed by atoms with E-state index in [2.05, 4.69) is 25.4 Å². The Balaban J connectivity index is 1.64. The van der Waals surface area contributed by atoms with E-state index in [1.165, 1.54) is 37.8 Å². The first-order valence-corrected chi connectivity index (χ1v) is 7.74. The van der Waals surface area contributed by atoms with Crippen LogP contribution >= 0.6 is 0 Å². The molecule has 0 atom stereocenters. The van der Waals surface area contributed by atoms with Crippen molar-refractivity contribution < 1.29 is 4.39 Å². The van der Waals surface area contributed by atoms with Gasteiger partial charge in [-0.25, -0.2) is 4.39 Å². The van der Waals surface area contributed by atoms with E-state index in [4.69, 9.17) is 0 Å². The largest absolute Gasteiger partial charge is 0.365 e. The highest BCUT2D eigenvalue weighted by atomic mass is 19.1. The Hall–Kier alpha value is -2.24. The maximum atomic E-state index is 12.9. The maximum Gasteiger partial charge on any atom is 0.247 e. The molecule has 116 valence electrons. The Morgan fingerprint density at radius 3 is 2.50 bits per heavy atom. The number of nitrogens with zero attached hydrogens (tertiary/aromatic N) is 4. The second-order valence-electron chi connectivity index (χ2n) is 5.52. The quantitative estimate of drug-likeness (QED) is 0.941. The summed E-state index contributed by atoms with van der Waals surface area (Å²) >= 11 is 0. The maximum absolute atomic E-state index is 12.9. The molecule has 1 aromatic carbocycles. The van der Waals surface area contributed by atoms with Crippen molar-refractivity contribution in [2.24, 2.45) is 0 Å². The molecule has 22 heavy (non-hydrogen) atoms. The first-order chi connectivity index (χ1) is 10.8. The molecule has 0 aliphatic carbocycles. The minimum Gasteiger partial charge on any atom is -0.365 e. The molecule has 1 aliphatic heterocycles. The summed E-state index contributed by atoms with van der Waals surface area (Å²) in [7, 11) is 0. The minimum absolute atomic E-state index is 0.226. The van der Waals surface area contributed by atoms with Crippen molar-refractivity contribution in [3.05, 3.63) is 41.8 Å². The van der Waals surface area contributed by atoms with E-state index in [-0.39, 0.29) is 5.82 Å². The lowest BCUT2D eigenvalue weighted by Gasteiger charge is -2.19. The third kappa shape index (κ3) is 3.90. The predicted octanol–water partition coefficient (Wildman–Crippen LogP) is 3.00. The van der Waals surface area contributed by atoms with Crippen molar-refractivity contribution in [2.75, 3.05) is 23.3 Å². The average molecular weight is 301 g/mol. The van der Waals surface area contributed by atoms with Gasteiger partial charge in [0.25, 0.3) is 0 Å². The number of hydrogen-bond acceptors (Lipinski definition) is 5. The monoisotopic (exact) mass is 301 g/mol. The third-order valence-corrected chi connectivity index (χ3v) is 3.82. The zero-order valence-corrected chi connectivity index (χ0v) is 12.5. The summed E-state index contributed by atoms with van der Waals surface area (Å²) in [6, 6.07) is 6.43. The summed E-state index contributed by atoms with van der Waals surface area (Å²) in [6.07, 6.45) is 6.51. The molecule has 0 saturated carbocycles. The number of aromatic nitrogens is 3. The number of halogens is 1. The standard InChI is InChI=1S/C16H20FN5/c17-14-7-5-13(6-8-14)11-18-15-12-19-21-16(20-15)22-9-3-1-2-4-10-22/h5-8,12H,1-4,9-11H2,(H,18,20,21). The molecular formula is C16H20FN5. The lowest BCUT2D eigenvalue weighted by Crippen LogP contribution is -2.26. The number of benzene rings is 1. The van der Waals surface area contributed by atoms with Crippen molar-refractivity contribution in [2.45, 2.75) is 32.2 Å². The van der Waals surface area contributed by atoms with E-state index in [9.17, 15) is 4.39 Å². The molecule has 0 radical (unpaired) electrons. The predicted molar refractivity (Wildman–Crippen MR) is 84.2 cm³/mol. The zero-order valence-electron chi connectivity index (χ0n) is 12.5. The van der Waals surface area contributed by atoms with Gasteiger partial charge in [0.2, 0.25) is 5.95 Å². The topological polar surface area (TPSA) is 53.9 Å². The number of anilines is 2. The molecule has 1 fully saturated rings. The van der Waals surface area contributed by atoms with Crippen LogP contribution in [0.4, 0.5) is 16.2 Å². The fraction of sp³-hybridized carbons (Fsp3) is 0.438. The molecule has 0 unspecified atom stereocenters. The van der Waals surface area contributed by atoms with E-state index in [0.717, 1.165) is 18.7 Å². The second kappa shape index (κ2) is 7.15. The minimum atomic E-state index is -0.226. The lowest BCUT2D eigenvalue weighted by atomic mass is 10.2. The fourth-order valence-corrected chi connectivity index (χ4v) is 2.58. The summed E-state index contributed by atoms with van der Waals surface area (Å²) in [5.41, 5.74) is 0.997. The molecule has 5 nitrogen and oxygen atoms in total. The van der Waals surface area contributed by atoms with Crippen LogP contribution in [0.15, 0.2) is 30.5 Å². The van der Waals surface area contributed by atoms with Crippen molar-refractivity contribution in [1.29, 1.82) is 0 Å². The molecule has 1 saturated heterocycles. The van der Waals surface area contributed by atoms with Gasteiger partial charge in [-0.15, -0.1) is 5.10 Å². The number of rotatable bonds is 4. The molecule has 1 N–H and O–H groups in total. The Morgan fingerprint density at radius 2 is 1.77 bits per heavy atom. The first kappa shape index (κ1) is 14.7. The molecule has 6 heteroatoms. The zero-order chi connectivity index (χ0) is 15.2. The van der Waals surface area contributed by atoms with Gasteiger partial charge in [-0.05, 0) is 30.5 Å². The van der Waals surface area contributed by atoms with Crippen molar-refractivity contribution >= 4 is 11.8 Å². The first-order valence-electron chi connectivity index (χ1n) is 7.74. The van der Waals surface area contributed by atoms with Crippen molar-refractivity contribution in [3.8, 4) is 0 Å². The van der Waals surface area contributed by atoms with Gasteiger partial charge < -0.3 is 10.2 Å². The second-order valence-corrected chi connectivity index (χ2v) is 5.52. The van der Waals surface area contributed by atoms with Gasteiger partial charge in [-0.2, -0.15) is 10.1 Å². The van der Waals surface area contributed by atoms with Gasteiger partial charge >= 0.3 is 0 Å². The Kier molecular flexibility index (Phi) is 4.78. The van der Waals surface area contributed by atoms with Crippen molar-refractivity contribution in [3.63, 3.8) is 0 Å². The van der Waals surface area contributed by atoms with Crippen LogP contribution in [-0.4, -0.2) is 28.3 Å². The fourth-order valence-electron chi connectivity index (χ4n) is 2.58. The molecule has 1 aromatic heterocycles. The van der Waals surface area contributed by atoms with Crippen LogP contribution in [0.5, 0.6) is 0 Å². The molecule has 0 spiro atoms. The summed E-state index contributed by atoms with van der Waals surface area (Å²) < 4.78 is 12.9. The van der Waals surface area contributed by atoms with E-state index in [0.29, 0.717) is 18.3 Å². The normalized spacial score (nSPS) is 15.4. The van der Waals surface area contributed by atoms with Gasteiger partial charge in [0, 0.05) is 19.6 Å². The van der Waals surface area contributed by atoms with Crippen LogP contribution < -0.4 is 10.2 Å². The molecule has 0 bridgehead atoms. The highest BCUT2D eigenvalue weighted by Crippen LogP contribution is 2.16. The average Bonchev–Trinajstić information content (AvgIpc) is 2.84. The van der Waals surface area contributed by atoms with Crippen LogP contribution in [0.1, 0.15) is 31.2 Å². The van der Waals surface area contributed by atoms with Crippen LogP contribution in [0, 0.1) is 5.82 Å². The van der Waals surface area contributed by atoms with Crippen LogP contribution in [0.2, 0.25) is 0 Å². The van der Waals surface area contributed by atoms with Gasteiger partial charge in [-0.1, -0.05) is 25.0 Å². The summed E-state index contributed by atoms with van der Waals surface area (Å²) in [6.45, 7) is 2.56. The Bertz CT molecular complexity index is 594. The van der Waals surface area contributed by atoms with Crippen LogP contribution in [-0.2, 0) is 6.54 Å². The van der Waals surface area contributed by atoms with Crippen LogP contribution in [0.25, 0.3) is 0 Å². The Labute approximate surface area is 129 Å². The molecule has 3 rings (SSSR count). The molecule has 1 aliphatic rings. The van der Waals surface area contributed by atoms with Crippen LogP contribution in [0.3, 0.4) is 0 Å². The molecule has 2 heterocycles. The van der Waals surface area contributed by atoms with Crippen molar-refractivity contribution in [1.82, 2.24) is 15.2 Å². The molecule has 0 amide bonds. The van der Waals surface area contributed by atoms with E-state index < -0.39 is 0 Å². The third-order valence-electron chi connectivity index (χ3n) is 3.82. The SMILES string of the molecule is Fc1ccc(CNc2cnnc(N3CCCCCC3)n2)cc1. The number of nitrogens with one attached hydrogen (secondary N) is 1. The van der Waals surface area contributed by atoms with E-state index in [1.807, 2.05) is 0 Å². The highest BCUT2D eigenvalue weighted by Gasteiger charge is 2.13. The van der Waals surface area contributed by atoms with Gasteiger partial charge in [-0.3, -0.25) is 0 Å². The summed E-state index contributed by atoms with van der Waals surface area (Å²) in [4.78, 5) is 6.74. The van der Waals surface area contributed by atoms with E-state index in [1.54, 1.807) is 18.3 Å². The lowest BCUT2D eigenvalue weighted by molar-refractivity contribution is 0.627. The highest BCUT2D eigenvalue weighted by molar-refractivity contribution is 5.39. The Morgan fingerprint density at radius 1 is 1.05 bits per heavy atom. The smallest absolute Gasteiger partial charge is 0.247 e. The van der Waals surface area contributed by atoms with Gasteiger partial charge in [0.05, 0.1) is 6.20 Å².